The second-order valence-electron chi connectivity index (χ2n) is 12.8. The molecule has 4 aromatic rings. The van der Waals surface area contributed by atoms with Crippen LogP contribution in [0.3, 0.4) is 0 Å². The fraction of sp³-hybridized carbons (Fsp3) is 0.586. The van der Waals surface area contributed by atoms with Gasteiger partial charge in [-0.3, -0.25) is 9.47 Å². The van der Waals surface area contributed by atoms with Crippen LogP contribution in [0, 0.1) is 5.92 Å². The number of nitrogen functional groups attached to an aromatic ring is 1. The zero-order valence-electron chi connectivity index (χ0n) is 23.8. The third-order valence-electron chi connectivity index (χ3n) is 9.18. The van der Waals surface area contributed by atoms with E-state index in [-0.39, 0.29) is 35.5 Å². The van der Waals surface area contributed by atoms with Crippen LogP contribution in [0.15, 0.2) is 30.9 Å². The quantitative estimate of drug-likeness (QED) is 0.284. The molecule has 3 unspecified atom stereocenters. The second kappa shape index (κ2) is 9.70. The number of fused-ring (bicyclic) bond motifs is 3. The van der Waals surface area contributed by atoms with Gasteiger partial charge in [-0.1, -0.05) is 26.8 Å². The predicted octanol–water partition coefficient (Wildman–Crippen LogP) is 2.27. The number of hydrogen-bond acceptors (Lipinski definition) is 10. The van der Waals surface area contributed by atoms with Gasteiger partial charge in [0.2, 0.25) is 0 Å². The molecule has 1 aromatic carbocycles. The Bertz CT molecular complexity index is 1580. The minimum atomic E-state index is -0.902. The van der Waals surface area contributed by atoms with E-state index >= 15 is 0 Å². The lowest BCUT2D eigenvalue weighted by molar-refractivity contribution is -0.219. The summed E-state index contributed by atoms with van der Waals surface area (Å²) < 4.78 is 14.3. The number of imidazole rings is 2. The van der Waals surface area contributed by atoms with E-state index in [1.54, 1.807) is 10.9 Å². The molecule has 41 heavy (non-hydrogen) atoms. The number of aromatic amines is 1. The van der Waals surface area contributed by atoms with Crippen molar-refractivity contribution in [1.29, 1.82) is 0 Å². The maximum Gasteiger partial charge on any atom is 0.167 e. The van der Waals surface area contributed by atoms with Crippen LogP contribution in [0.5, 0.6) is 0 Å². The summed E-state index contributed by atoms with van der Waals surface area (Å²) in [6, 6.07) is 6.40. The first-order chi connectivity index (χ1) is 19.6. The number of rotatable bonds is 5. The predicted molar refractivity (Wildman–Crippen MR) is 152 cm³/mol. The topological polar surface area (TPSA) is 160 Å². The van der Waals surface area contributed by atoms with E-state index in [9.17, 15) is 10.2 Å². The molecule has 12 heteroatoms. The Balaban J connectivity index is 0.984. The molecule has 3 aliphatic rings. The van der Waals surface area contributed by atoms with Gasteiger partial charge in [-0.25, -0.2) is 19.9 Å². The summed E-state index contributed by atoms with van der Waals surface area (Å²) >= 11 is 0. The Labute approximate surface area is 237 Å². The number of aromatic nitrogens is 6. The number of aliphatic hydroxyl groups excluding tert-OH is 2. The van der Waals surface area contributed by atoms with Crippen LogP contribution in [0.1, 0.15) is 58.2 Å². The SMILES string of the molecule is CC1O[C@H]2[C@@H](O)[C@H](n3cnc4c(N)ncnc43)O[C@@H]2CN1[C@@H]1CC(CCc2nc3ccc(C(C)(C)C)cc3[nH]2)C1O. The lowest BCUT2D eigenvalue weighted by Crippen LogP contribution is -2.64. The first-order valence-corrected chi connectivity index (χ1v) is 14.4. The van der Waals surface area contributed by atoms with Crippen LogP contribution in [-0.4, -0.2) is 87.8 Å². The highest BCUT2D eigenvalue weighted by Crippen LogP contribution is 2.42. The fourth-order valence-corrected chi connectivity index (χ4v) is 6.68. The van der Waals surface area contributed by atoms with Crippen LogP contribution in [0.4, 0.5) is 5.82 Å². The first-order valence-electron chi connectivity index (χ1n) is 14.4. The molecule has 2 saturated heterocycles. The number of benzene rings is 1. The summed E-state index contributed by atoms with van der Waals surface area (Å²) in [7, 11) is 0. The maximum absolute atomic E-state index is 11.2. The van der Waals surface area contributed by atoms with Crippen LogP contribution in [0.25, 0.3) is 22.2 Å². The summed E-state index contributed by atoms with van der Waals surface area (Å²) in [5, 5.41) is 22.3. The number of aliphatic hydroxyl groups is 2. The van der Waals surface area contributed by atoms with Crippen molar-refractivity contribution in [3.63, 3.8) is 0 Å². The monoisotopic (exact) mass is 562 g/mol. The Morgan fingerprint density at radius 3 is 2.73 bits per heavy atom. The van der Waals surface area contributed by atoms with Crippen molar-refractivity contribution in [2.24, 2.45) is 5.92 Å². The van der Waals surface area contributed by atoms with Gasteiger partial charge in [-0.15, -0.1) is 0 Å². The highest BCUT2D eigenvalue weighted by Gasteiger charge is 2.54. The maximum atomic E-state index is 11.2. The van der Waals surface area contributed by atoms with Gasteiger partial charge in [-0.05, 0) is 48.8 Å². The van der Waals surface area contributed by atoms with Crippen molar-refractivity contribution >= 4 is 28.0 Å². The van der Waals surface area contributed by atoms with Gasteiger partial charge < -0.3 is 30.4 Å². The van der Waals surface area contributed by atoms with E-state index in [1.165, 1.54) is 11.9 Å². The van der Waals surface area contributed by atoms with Gasteiger partial charge in [0.15, 0.2) is 17.7 Å². The molecule has 8 atom stereocenters. The normalized spacial score (nSPS) is 32.4. The molecular formula is C29H38N8O4. The van der Waals surface area contributed by atoms with Gasteiger partial charge >= 0.3 is 0 Å². The average molecular weight is 563 g/mol. The third-order valence-corrected chi connectivity index (χ3v) is 9.18. The largest absolute Gasteiger partial charge is 0.391 e. The number of H-pyrrole nitrogens is 1. The van der Waals surface area contributed by atoms with Crippen molar-refractivity contribution in [1.82, 2.24) is 34.4 Å². The minimum absolute atomic E-state index is 0.0256. The standard InChI is InChI=1S/C29H38N8O4/c1-14-36(11-20-25(40-14)24(39)28(41-20)37-13-33-22-26(30)31-12-32-27(22)37)19-9-15(23(19)38)5-8-21-34-17-7-6-16(29(2,3)4)10-18(17)35-21/h6-7,10,12-15,19-20,23-25,28,38-39H,5,8-9,11H2,1-4H3,(H,34,35)(H2,30,31,32)/t14?,15?,19-,20-,23?,24-,25-,28-/m1/s1. The lowest BCUT2D eigenvalue weighted by atomic mass is 9.73. The number of hydrogen-bond donors (Lipinski definition) is 4. The molecule has 3 aromatic heterocycles. The first kappa shape index (κ1) is 26.7. The van der Waals surface area contributed by atoms with Gasteiger partial charge in [-0.2, -0.15) is 0 Å². The molecule has 0 bridgehead atoms. The molecule has 5 heterocycles. The zero-order valence-corrected chi connectivity index (χ0v) is 23.8. The van der Waals surface area contributed by atoms with E-state index in [0.29, 0.717) is 17.7 Å². The fourth-order valence-electron chi connectivity index (χ4n) is 6.68. The highest BCUT2D eigenvalue weighted by atomic mass is 16.6. The van der Waals surface area contributed by atoms with E-state index < -0.39 is 24.5 Å². The Morgan fingerprint density at radius 2 is 1.95 bits per heavy atom. The molecule has 3 fully saturated rings. The molecule has 0 radical (unpaired) electrons. The van der Waals surface area contributed by atoms with Crippen LogP contribution in [-0.2, 0) is 21.3 Å². The van der Waals surface area contributed by atoms with Gasteiger partial charge in [0.25, 0.3) is 0 Å². The summed E-state index contributed by atoms with van der Waals surface area (Å²) in [6.07, 6.45) is 2.25. The second-order valence-corrected chi connectivity index (χ2v) is 12.8. The molecule has 1 saturated carbocycles. The molecule has 12 nitrogen and oxygen atoms in total. The van der Waals surface area contributed by atoms with Crippen LogP contribution in [0.2, 0.25) is 0 Å². The van der Waals surface area contributed by atoms with Gasteiger partial charge in [0.1, 0.15) is 42.2 Å². The summed E-state index contributed by atoms with van der Waals surface area (Å²) in [5.41, 5.74) is 10.3. The molecular weight excluding hydrogens is 524 g/mol. The van der Waals surface area contributed by atoms with Crippen LogP contribution >= 0.6 is 0 Å². The summed E-state index contributed by atoms with van der Waals surface area (Å²) in [4.78, 5) is 23.0. The molecule has 7 rings (SSSR count). The highest BCUT2D eigenvalue weighted by molar-refractivity contribution is 5.81. The lowest BCUT2D eigenvalue weighted by Gasteiger charge is -2.52. The number of nitrogens with zero attached hydrogens (tertiary/aromatic N) is 6. The Morgan fingerprint density at radius 1 is 1.12 bits per heavy atom. The van der Waals surface area contributed by atoms with Crippen LogP contribution < -0.4 is 5.73 Å². The average Bonchev–Trinajstić information content (AvgIpc) is 3.63. The molecule has 218 valence electrons. The van der Waals surface area contributed by atoms with Crippen molar-refractivity contribution in [3.05, 3.63) is 42.2 Å². The number of nitrogens with two attached hydrogens (primary N) is 1. The van der Waals surface area contributed by atoms with Crippen molar-refractivity contribution in [3.8, 4) is 0 Å². The number of ether oxygens (including phenoxy) is 2. The van der Waals surface area contributed by atoms with E-state index in [2.05, 4.69) is 63.8 Å². The summed E-state index contributed by atoms with van der Waals surface area (Å²) in [5.74, 6) is 1.42. The van der Waals surface area contributed by atoms with E-state index in [1.807, 2.05) is 6.92 Å². The van der Waals surface area contributed by atoms with Crippen molar-refractivity contribution < 1.29 is 19.7 Å². The smallest absolute Gasteiger partial charge is 0.167 e. The third kappa shape index (κ3) is 4.49. The number of nitrogens with one attached hydrogen (secondary N) is 1. The number of anilines is 1. The van der Waals surface area contributed by atoms with Crippen molar-refractivity contribution in [2.45, 2.75) is 95.3 Å². The van der Waals surface area contributed by atoms with Crippen molar-refractivity contribution in [2.75, 3.05) is 12.3 Å². The molecule has 0 amide bonds. The molecule has 1 aliphatic carbocycles. The Kier molecular flexibility index (Phi) is 6.32. The minimum Gasteiger partial charge on any atom is -0.391 e. The molecule has 5 N–H and O–H groups in total. The molecule has 0 spiro atoms. The summed E-state index contributed by atoms with van der Waals surface area (Å²) in [6.45, 7) is 9.15. The van der Waals surface area contributed by atoms with E-state index in [4.69, 9.17) is 20.2 Å². The molecule has 2 aliphatic heterocycles. The van der Waals surface area contributed by atoms with Gasteiger partial charge in [0.05, 0.1) is 23.5 Å². The Hall–Kier alpha value is -3.16. The van der Waals surface area contributed by atoms with E-state index in [0.717, 1.165) is 36.1 Å². The zero-order chi connectivity index (χ0) is 28.6. The van der Waals surface area contributed by atoms with Gasteiger partial charge in [0, 0.05) is 19.0 Å². The number of aryl methyl sites for hydroxylation is 1.